The van der Waals surface area contributed by atoms with Crippen molar-refractivity contribution in [1.29, 1.82) is 0 Å². The molecule has 102 valence electrons. The summed E-state index contributed by atoms with van der Waals surface area (Å²) in [5.41, 5.74) is 8.18. The lowest BCUT2D eigenvalue weighted by Crippen LogP contribution is -2.32. The molecule has 1 aliphatic rings. The fourth-order valence-electron chi connectivity index (χ4n) is 2.81. The standard InChI is InChI=1S/C14H19BrN4/c1-18-6-4-10(5-7-18)9-19-13-8-11(15)2-3-12(13)17-14(19)16/h2-3,8,10H,4-7,9H2,1H3,(H2,16,17). The average molecular weight is 323 g/mol. The molecule has 1 aromatic carbocycles. The maximum Gasteiger partial charge on any atom is 0.201 e. The molecule has 3 rings (SSSR count). The second-order valence-corrected chi connectivity index (χ2v) is 6.38. The van der Waals surface area contributed by atoms with Crippen molar-refractivity contribution in [2.75, 3.05) is 25.9 Å². The van der Waals surface area contributed by atoms with Crippen LogP contribution in [0.2, 0.25) is 0 Å². The van der Waals surface area contributed by atoms with Crippen molar-refractivity contribution in [3.05, 3.63) is 22.7 Å². The quantitative estimate of drug-likeness (QED) is 0.924. The predicted octanol–water partition coefficient (Wildman–Crippen LogP) is 2.72. The molecule has 5 heteroatoms. The minimum Gasteiger partial charge on any atom is -0.369 e. The number of halogens is 1. The Morgan fingerprint density at radius 1 is 1.37 bits per heavy atom. The van der Waals surface area contributed by atoms with E-state index in [9.17, 15) is 0 Å². The number of nitrogens with zero attached hydrogens (tertiary/aromatic N) is 3. The minimum absolute atomic E-state index is 0.632. The molecule has 4 nitrogen and oxygen atoms in total. The summed E-state index contributed by atoms with van der Waals surface area (Å²) >= 11 is 3.52. The van der Waals surface area contributed by atoms with E-state index in [0.717, 1.165) is 22.1 Å². The fraction of sp³-hybridized carbons (Fsp3) is 0.500. The smallest absolute Gasteiger partial charge is 0.201 e. The first-order chi connectivity index (χ1) is 9.13. The molecule has 0 spiro atoms. The molecule has 0 amide bonds. The summed E-state index contributed by atoms with van der Waals surface area (Å²) in [5.74, 6) is 1.34. The molecule has 0 bridgehead atoms. The molecule has 1 fully saturated rings. The Morgan fingerprint density at radius 3 is 2.84 bits per heavy atom. The van der Waals surface area contributed by atoms with Gasteiger partial charge in [-0.2, -0.15) is 0 Å². The van der Waals surface area contributed by atoms with Crippen LogP contribution in [-0.2, 0) is 6.54 Å². The summed E-state index contributed by atoms with van der Waals surface area (Å²) in [4.78, 5) is 6.84. The van der Waals surface area contributed by atoms with E-state index in [1.807, 2.05) is 12.1 Å². The summed E-state index contributed by atoms with van der Waals surface area (Å²) in [6.45, 7) is 3.34. The van der Waals surface area contributed by atoms with Crippen LogP contribution in [0.15, 0.2) is 22.7 Å². The molecule has 1 aromatic heterocycles. The maximum atomic E-state index is 6.07. The van der Waals surface area contributed by atoms with Crippen molar-refractivity contribution >= 4 is 32.9 Å². The van der Waals surface area contributed by atoms with Crippen LogP contribution in [-0.4, -0.2) is 34.6 Å². The second-order valence-electron chi connectivity index (χ2n) is 5.46. The van der Waals surface area contributed by atoms with Gasteiger partial charge in [-0.3, -0.25) is 0 Å². The topological polar surface area (TPSA) is 47.1 Å². The van der Waals surface area contributed by atoms with Crippen LogP contribution in [0.5, 0.6) is 0 Å². The number of anilines is 1. The summed E-state index contributed by atoms with van der Waals surface area (Å²) in [7, 11) is 2.19. The van der Waals surface area contributed by atoms with Crippen LogP contribution < -0.4 is 5.73 Å². The minimum atomic E-state index is 0.632. The van der Waals surface area contributed by atoms with Crippen LogP contribution >= 0.6 is 15.9 Å². The number of fused-ring (bicyclic) bond motifs is 1. The third-order valence-corrected chi connectivity index (χ3v) is 4.51. The Labute approximate surface area is 121 Å². The SMILES string of the molecule is CN1CCC(Cn2c(N)nc3ccc(Br)cc32)CC1. The van der Waals surface area contributed by atoms with Gasteiger partial charge in [-0.1, -0.05) is 15.9 Å². The van der Waals surface area contributed by atoms with Crippen molar-refractivity contribution in [2.45, 2.75) is 19.4 Å². The highest BCUT2D eigenvalue weighted by Crippen LogP contribution is 2.26. The summed E-state index contributed by atoms with van der Waals surface area (Å²) < 4.78 is 3.24. The van der Waals surface area contributed by atoms with Crippen molar-refractivity contribution < 1.29 is 0 Å². The molecule has 2 aromatic rings. The third-order valence-electron chi connectivity index (χ3n) is 4.02. The molecule has 0 aliphatic carbocycles. The molecule has 2 N–H and O–H groups in total. The first-order valence-corrected chi connectivity index (χ1v) is 7.52. The number of benzene rings is 1. The van der Waals surface area contributed by atoms with Gasteiger partial charge in [-0.15, -0.1) is 0 Å². The largest absolute Gasteiger partial charge is 0.369 e. The lowest BCUT2D eigenvalue weighted by molar-refractivity contribution is 0.206. The number of aromatic nitrogens is 2. The number of nitrogen functional groups attached to an aromatic ring is 1. The Kier molecular flexibility index (Phi) is 3.50. The molecule has 0 radical (unpaired) electrons. The number of nitrogens with two attached hydrogens (primary N) is 1. The molecule has 1 saturated heterocycles. The van der Waals surface area contributed by atoms with Crippen LogP contribution in [0.25, 0.3) is 11.0 Å². The maximum absolute atomic E-state index is 6.07. The molecule has 1 aliphatic heterocycles. The van der Waals surface area contributed by atoms with Gasteiger partial charge < -0.3 is 15.2 Å². The van der Waals surface area contributed by atoms with Gasteiger partial charge in [0.1, 0.15) is 0 Å². The first-order valence-electron chi connectivity index (χ1n) is 6.73. The highest BCUT2D eigenvalue weighted by atomic mass is 79.9. The normalized spacial score (nSPS) is 18.2. The van der Waals surface area contributed by atoms with Crippen LogP contribution in [0.3, 0.4) is 0 Å². The third kappa shape index (κ3) is 2.62. The highest BCUT2D eigenvalue weighted by Gasteiger charge is 2.19. The summed E-state index contributed by atoms with van der Waals surface area (Å²) in [6.07, 6.45) is 2.48. The molecule has 0 atom stereocenters. The van der Waals surface area contributed by atoms with Gasteiger partial charge >= 0.3 is 0 Å². The van der Waals surface area contributed by atoms with Crippen LogP contribution in [0.4, 0.5) is 5.95 Å². The van der Waals surface area contributed by atoms with Gasteiger partial charge in [0.05, 0.1) is 11.0 Å². The van der Waals surface area contributed by atoms with E-state index >= 15 is 0 Å². The Bertz CT molecular complexity index is 584. The van der Waals surface area contributed by atoms with Crippen molar-refractivity contribution in [3.63, 3.8) is 0 Å². The zero-order chi connectivity index (χ0) is 13.4. The monoisotopic (exact) mass is 322 g/mol. The zero-order valence-corrected chi connectivity index (χ0v) is 12.7. The summed E-state index contributed by atoms with van der Waals surface area (Å²) in [5, 5.41) is 0. The van der Waals surface area contributed by atoms with Crippen LogP contribution in [0.1, 0.15) is 12.8 Å². The number of rotatable bonds is 2. The van der Waals surface area contributed by atoms with Gasteiger partial charge in [0.25, 0.3) is 0 Å². The number of imidazole rings is 1. The number of likely N-dealkylation sites (tertiary alicyclic amines) is 1. The Hall–Kier alpha value is -1.07. The zero-order valence-electron chi connectivity index (χ0n) is 11.1. The van der Waals surface area contributed by atoms with Gasteiger partial charge in [-0.05, 0) is 57.1 Å². The van der Waals surface area contributed by atoms with E-state index in [0.29, 0.717) is 11.9 Å². The fourth-order valence-corrected chi connectivity index (χ4v) is 3.16. The number of hydrogen-bond donors (Lipinski definition) is 1. The average Bonchev–Trinajstić information content (AvgIpc) is 2.69. The molecular formula is C14H19BrN4. The van der Waals surface area contributed by atoms with E-state index in [-0.39, 0.29) is 0 Å². The number of piperidine rings is 1. The molecule has 2 heterocycles. The van der Waals surface area contributed by atoms with E-state index in [1.165, 1.54) is 25.9 Å². The van der Waals surface area contributed by atoms with E-state index < -0.39 is 0 Å². The van der Waals surface area contributed by atoms with Gasteiger partial charge in [0, 0.05) is 11.0 Å². The predicted molar refractivity (Wildman–Crippen MR) is 82.1 cm³/mol. The van der Waals surface area contributed by atoms with Crippen LogP contribution in [0, 0.1) is 5.92 Å². The van der Waals surface area contributed by atoms with Crippen molar-refractivity contribution in [1.82, 2.24) is 14.5 Å². The first kappa shape index (κ1) is 12.9. The highest BCUT2D eigenvalue weighted by molar-refractivity contribution is 9.10. The second kappa shape index (κ2) is 5.13. The molecular weight excluding hydrogens is 304 g/mol. The Balaban J connectivity index is 1.87. The number of hydrogen-bond acceptors (Lipinski definition) is 3. The summed E-state index contributed by atoms with van der Waals surface area (Å²) in [6, 6.07) is 6.13. The van der Waals surface area contributed by atoms with Gasteiger partial charge in [0.2, 0.25) is 5.95 Å². The Morgan fingerprint density at radius 2 is 2.11 bits per heavy atom. The van der Waals surface area contributed by atoms with Gasteiger partial charge in [-0.25, -0.2) is 4.98 Å². The lowest BCUT2D eigenvalue weighted by Gasteiger charge is -2.29. The van der Waals surface area contributed by atoms with Gasteiger partial charge in [0.15, 0.2) is 0 Å². The molecule has 0 unspecified atom stereocenters. The van der Waals surface area contributed by atoms with Crippen molar-refractivity contribution in [2.24, 2.45) is 5.92 Å². The van der Waals surface area contributed by atoms with Crippen molar-refractivity contribution in [3.8, 4) is 0 Å². The van der Waals surface area contributed by atoms with E-state index in [1.54, 1.807) is 0 Å². The molecule has 0 saturated carbocycles. The van der Waals surface area contributed by atoms with E-state index in [4.69, 9.17) is 5.73 Å². The van der Waals surface area contributed by atoms with E-state index in [2.05, 4.69) is 43.5 Å². The lowest BCUT2D eigenvalue weighted by atomic mass is 9.97. The molecule has 19 heavy (non-hydrogen) atoms.